The van der Waals surface area contributed by atoms with Gasteiger partial charge in [-0.1, -0.05) is 42.5 Å². The highest BCUT2D eigenvalue weighted by molar-refractivity contribution is 6.08. The molecular formula is C15H11F. The van der Waals surface area contributed by atoms with E-state index in [4.69, 9.17) is 0 Å². The molecule has 0 nitrogen and oxygen atoms in total. The number of hydrogen-bond acceptors (Lipinski definition) is 0. The molecule has 0 aliphatic carbocycles. The lowest BCUT2D eigenvalue weighted by molar-refractivity contribution is 0.641. The Morgan fingerprint density at radius 1 is 0.750 bits per heavy atom. The topological polar surface area (TPSA) is 0 Å². The molecule has 16 heavy (non-hydrogen) atoms. The van der Waals surface area contributed by atoms with Crippen LogP contribution in [-0.4, -0.2) is 0 Å². The van der Waals surface area contributed by atoms with Gasteiger partial charge in [-0.15, -0.1) is 0 Å². The van der Waals surface area contributed by atoms with E-state index in [9.17, 15) is 4.39 Å². The third kappa shape index (κ3) is 1.21. The SMILES string of the molecule is Cc1cccc2c1cc(F)c1ccccc12. The third-order valence-corrected chi connectivity index (χ3v) is 3.07. The average molecular weight is 210 g/mol. The van der Waals surface area contributed by atoms with Crippen LogP contribution in [0.3, 0.4) is 0 Å². The second-order valence-corrected chi connectivity index (χ2v) is 4.07. The summed E-state index contributed by atoms with van der Waals surface area (Å²) in [7, 11) is 0. The molecule has 3 rings (SSSR count). The van der Waals surface area contributed by atoms with Crippen LogP contribution in [0.4, 0.5) is 4.39 Å². The molecule has 3 aromatic rings. The Labute approximate surface area is 93.3 Å². The second kappa shape index (κ2) is 3.31. The number of aryl methyl sites for hydroxylation is 1. The first kappa shape index (κ1) is 9.34. The zero-order chi connectivity index (χ0) is 11.1. The normalized spacial score (nSPS) is 11.1. The van der Waals surface area contributed by atoms with Crippen LogP contribution >= 0.6 is 0 Å². The van der Waals surface area contributed by atoms with Gasteiger partial charge in [-0.05, 0) is 34.7 Å². The smallest absolute Gasteiger partial charge is 0.131 e. The Morgan fingerprint density at radius 3 is 2.19 bits per heavy atom. The largest absolute Gasteiger partial charge is 0.206 e. The molecule has 0 fully saturated rings. The van der Waals surface area contributed by atoms with Gasteiger partial charge < -0.3 is 0 Å². The Hall–Kier alpha value is -1.89. The summed E-state index contributed by atoms with van der Waals surface area (Å²) in [5.74, 6) is -0.141. The van der Waals surface area contributed by atoms with Gasteiger partial charge >= 0.3 is 0 Å². The Kier molecular flexibility index (Phi) is 1.93. The van der Waals surface area contributed by atoms with Crippen molar-refractivity contribution in [3.8, 4) is 0 Å². The van der Waals surface area contributed by atoms with Crippen LogP contribution in [0.2, 0.25) is 0 Å². The van der Waals surface area contributed by atoms with E-state index in [0.29, 0.717) is 5.39 Å². The molecule has 0 unspecified atom stereocenters. The van der Waals surface area contributed by atoms with Crippen LogP contribution in [-0.2, 0) is 0 Å². The highest BCUT2D eigenvalue weighted by atomic mass is 19.1. The predicted octanol–water partition coefficient (Wildman–Crippen LogP) is 4.44. The molecule has 0 bridgehead atoms. The van der Waals surface area contributed by atoms with Crippen LogP contribution in [0.15, 0.2) is 48.5 Å². The first-order chi connectivity index (χ1) is 7.77. The van der Waals surface area contributed by atoms with Crippen molar-refractivity contribution in [3.63, 3.8) is 0 Å². The van der Waals surface area contributed by atoms with Gasteiger partial charge in [0.1, 0.15) is 5.82 Å². The van der Waals surface area contributed by atoms with E-state index in [2.05, 4.69) is 0 Å². The summed E-state index contributed by atoms with van der Waals surface area (Å²) in [6.45, 7) is 2.01. The summed E-state index contributed by atoms with van der Waals surface area (Å²) >= 11 is 0. The van der Waals surface area contributed by atoms with Crippen molar-refractivity contribution in [3.05, 3.63) is 59.9 Å². The van der Waals surface area contributed by atoms with Crippen molar-refractivity contribution >= 4 is 21.5 Å². The van der Waals surface area contributed by atoms with Crippen molar-refractivity contribution in [2.24, 2.45) is 0 Å². The molecule has 0 atom stereocenters. The predicted molar refractivity (Wildman–Crippen MR) is 66.1 cm³/mol. The standard InChI is InChI=1S/C15H11F/c1-10-5-4-8-12-11-6-2-3-7-13(11)15(16)9-14(10)12/h2-9H,1H3. The lowest BCUT2D eigenvalue weighted by Crippen LogP contribution is -1.85. The van der Waals surface area contributed by atoms with E-state index in [1.807, 2.05) is 49.4 Å². The fraction of sp³-hybridized carbons (Fsp3) is 0.0667. The van der Waals surface area contributed by atoms with Gasteiger partial charge in [0.2, 0.25) is 0 Å². The van der Waals surface area contributed by atoms with E-state index in [1.54, 1.807) is 6.07 Å². The first-order valence-electron chi connectivity index (χ1n) is 5.34. The molecule has 0 saturated heterocycles. The highest BCUT2D eigenvalue weighted by Crippen LogP contribution is 2.29. The Balaban J connectivity index is 2.64. The van der Waals surface area contributed by atoms with Crippen LogP contribution in [0.25, 0.3) is 21.5 Å². The van der Waals surface area contributed by atoms with Gasteiger partial charge in [-0.25, -0.2) is 4.39 Å². The maximum atomic E-state index is 13.9. The minimum absolute atomic E-state index is 0.141. The summed E-state index contributed by atoms with van der Waals surface area (Å²) in [6, 6.07) is 15.3. The molecular weight excluding hydrogens is 199 g/mol. The number of halogens is 1. The van der Waals surface area contributed by atoms with E-state index in [0.717, 1.165) is 21.7 Å². The van der Waals surface area contributed by atoms with Gasteiger partial charge in [-0.2, -0.15) is 0 Å². The molecule has 78 valence electrons. The third-order valence-electron chi connectivity index (χ3n) is 3.07. The molecule has 0 aliphatic rings. The van der Waals surface area contributed by atoms with Crippen molar-refractivity contribution < 1.29 is 4.39 Å². The van der Waals surface area contributed by atoms with E-state index < -0.39 is 0 Å². The maximum absolute atomic E-state index is 13.9. The Bertz CT molecular complexity index is 678. The fourth-order valence-corrected chi connectivity index (χ4v) is 2.24. The van der Waals surface area contributed by atoms with Crippen molar-refractivity contribution in [2.75, 3.05) is 0 Å². The molecule has 0 spiro atoms. The van der Waals surface area contributed by atoms with Crippen molar-refractivity contribution in [1.82, 2.24) is 0 Å². The van der Waals surface area contributed by atoms with Crippen LogP contribution in [0.5, 0.6) is 0 Å². The summed E-state index contributed by atoms with van der Waals surface area (Å²) < 4.78 is 13.9. The number of hydrogen-bond donors (Lipinski definition) is 0. The summed E-state index contributed by atoms with van der Waals surface area (Å²) in [5, 5.41) is 3.80. The van der Waals surface area contributed by atoms with Gasteiger partial charge in [0.05, 0.1) is 0 Å². The fourth-order valence-electron chi connectivity index (χ4n) is 2.24. The zero-order valence-corrected chi connectivity index (χ0v) is 9.00. The lowest BCUT2D eigenvalue weighted by atomic mass is 9.99. The molecule has 0 radical (unpaired) electrons. The molecule has 0 amide bonds. The highest BCUT2D eigenvalue weighted by Gasteiger charge is 2.06. The first-order valence-corrected chi connectivity index (χ1v) is 5.34. The van der Waals surface area contributed by atoms with Crippen molar-refractivity contribution in [2.45, 2.75) is 6.92 Å². The van der Waals surface area contributed by atoms with E-state index in [1.165, 1.54) is 0 Å². The summed E-state index contributed by atoms with van der Waals surface area (Å²) in [4.78, 5) is 0. The lowest BCUT2D eigenvalue weighted by Gasteiger charge is -2.07. The van der Waals surface area contributed by atoms with Gasteiger partial charge in [-0.3, -0.25) is 0 Å². The molecule has 0 saturated carbocycles. The van der Waals surface area contributed by atoms with Crippen LogP contribution in [0.1, 0.15) is 5.56 Å². The minimum Gasteiger partial charge on any atom is -0.206 e. The Morgan fingerprint density at radius 2 is 1.38 bits per heavy atom. The van der Waals surface area contributed by atoms with E-state index >= 15 is 0 Å². The van der Waals surface area contributed by atoms with Crippen LogP contribution in [0, 0.1) is 12.7 Å². The average Bonchev–Trinajstić information content (AvgIpc) is 2.31. The minimum atomic E-state index is -0.141. The molecule has 1 heteroatoms. The molecule has 0 aromatic heterocycles. The summed E-state index contributed by atoms with van der Waals surface area (Å²) in [5.41, 5.74) is 1.11. The molecule has 0 aliphatic heterocycles. The van der Waals surface area contributed by atoms with Crippen molar-refractivity contribution in [1.29, 1.82) is 0 Å². The zero-order valence-electron chi connectivity index (χ0n) is 9.00. The molecule has 3 aromatic carbocycles. The van der Waals surface area contributed by atoms with E-state index in [-0.39, 0.29) is 5.82 Å². The molecule has 0 N–H and O–H groups in total. The number of benzene rings is 3. The summed E-state index contributed by atoms with van der Waals surface area (Å²) in [6.07, 6.45) is 0. The second-order valence-electron chi connectivity index (χ2n) is 4.07. The van der Waals surface area contributed by atoms with Gasteiger partial charge in [0.25, 0.3) is 0 Å². The number of rotatable bonds is 0. The maximum Gasteiger partial charge on any atom is 0.131 e. The number of fused-ring (bicyclic) bond motifs is 3. The van der Waals surface area contributed by atoms with Crippen LogP contribution < -0.4 is 0 Å². The van der Waals surface area contributed by atoms with Gasteiger partial charge in [0.15, 0.2) is 0 Å². The quantitative estimate of drug-likeness (QED) is 0.481. The van der Waals surface area contributed by atoms with Gasteiger partial charge in [0, 0.05) is 5.39 Å². The molecule has 0 heterocycles. The monoisotopic (exact) mass is 210 g/mol.